The van der Waals surface area contributed by atoms with Crippen molar-refractivity contribution in [3.8, 4) is 0 Å². The molecule has 0 aliphatic rings. The van der Waals surface area contributed by atoms with Gasteiger partial charge in [0.25, 0.3) is 0 Å². The van der Waals surface area contributed by atoms with Crippen molar-refractivity contribution in [3.05, 3.63) is 0 Å². The van der Waals surface area contributed by atoms with E-state index in [4.69, 9.17) is 8.85 Å². The fraction of sp³-hybridized carbons (Fsp3) is 1.00. The summed E-state index contributed by atoms with van der Waals surface area (Å²) in [6, 6.07) is 0. The van der Waals surface area contributed by atoms with E-state index in [1.54, 1.807) is 0 Å². The second-order valence-electron chi connectivity index (χ2n) is 11.1. The van der Waals surface area contributed by atoms with E-state index in [-0.39, 0.29) is 10.1 Å². The lowest BCUT2D eigenvalue weighted by molar-refractivity contribution is 0.0778. The smallest absolute Gasteiger partial charge is 0.206 e. The Bertz CT molecular complexity index is 347. The molecule has 0 aliphatic carbocycles. The zero-order chi connectivity index (χ0) is 20.4. The summed E-state index contributed by atoms with van der Waals surface area (Å²) < 4.78 is 13.6. The summed E-state index contributed by atoms with van der Waals surface area (Å²) in [5.41, 5.74) is 2.28. The molecule has 0 aliphatic heterocycles. The quantitative estimate of drug-likeness (QED) is 0.309. The normalized spacial score (nSPS) is 15.1. The summed E-state index contributed by atoms with van der Waals surface area (Å²) in [6.45, 7) is 33.4. The Hall–Kier alpha value is 0.354. The van der Waals surface area contributed by atoms with Gasteiger partial charge in [-0.05, 0) is 32.2 Å². The lowest BCUT2D eigenvalue weighted by atomic mass is 10.2. The van der Waals surface area contributed by atoms with Crippen LogP contribution in [0.4, 0.5) is 0 Å². The van der Waals surface area contributed by atoms with Crippen LogP contribution in [-0.4, -0.2) is 23.4 Å². The van der Waals surface area contributed by atoms with Gasteiger partial charge in [-0.1, -0.05) is 96.9 Å². The Kier molecular flexibility index (Phi) is 8.70. The number of hydrogen-bond donors (Lipinski definition) is 0. The third kappa shape index (κ3) is 4.80. The molecule has 0 spiro atoms. The maximum Gasteiger partial charge on any atom is 0.206 e. The lowest BCUT2D eigenvalue weighted by Crippen LogP contribution is -2.56. The standard InChI is InChI=1S/C21H48O2Si2/c1-16(2)24(17(3)4,20(9,10)11)22-15-23-25(18(5)6,19(7)8)21(12,13)14/h16-19H,15H2,1-14H3. The lowest BCUT2D eigenvalue weighted by Gasteiger charge is -2.51. The molecule has 0 bridgehead atoms. The van der Waals surface area contributed by atoms with Crippen LogP contribution < -0.4 is 0 Å². The minimum Gasteiger partial charge on any atom is -0.394 e. The average molecular weight is 389 g/mol. The summed E-state index contributed by atoms with van der Waals surface area (Å²) in [7, 11) is -3.97. The molecule has 0 unspecified atom stereocenters. The molecule has 0 atom stereocenters. The third-order valence-electron chi connectivity index (χ3n) is 6.37. The molecule has 0 aromatic rings. The monoisotopic (exact) mass is 388 g/mol. The van der Waals surface area contributed by atoms with Crippen LogP contribution in [0.2, 0.25) is 32.2 Å². The Morgan fingerprint density at radius 3 is 0.840 bits per heavy atom. The zero-order valence-electron chi connectivity index (χ0n) is 19.8. The average Bonchev–Trinajstić information content (AvgIpc) is 2.33. The Morgan fingerprint density at radius 2 is 0.720 bits per heavy atom. The maximum atomic E-state index is 6.82. The molecule has 0 radical (unpaired) electrons. The minimum atomic E-state index is -1.98. The first-order valence-corrected chi connectivity index (χ1v) is 14.4. The molecule has 25 heavy (non-hydrogen) atoms. The fourth-order valence-corrected chi connectivity index (χ4v) is 18.5. The molecule has 0 N–H and O–H groups in total. The number of rotatable bonds is 8. The van der Waals surface area contributed by atoms with Crippen LogP contribution in [0.5, 0.6) is 0 Å². The molecule has 152 valence electrons. The van der Waals surface area contributed by atoms with E-state index >= 15 is 0 Å². The van der Waals surface area contributed by atoms with Crippen LogP contribution in [0.15, 0.2) is 0 Å². The molecular formula is C21H48O2Si2. The van der Waals surface area contributed by atoms with E-state index in [2.05, 4.69) is 96.9 Å². The molecule has 2 nitrogen and oxygen atoms in total. The van der Waals surface area contributed by atoms with Crippen LogP contribution in [0.25, 0.3) is 0 Å². The number of hydrogen-bond acceptors (Lipinski definition) is 2. The van der Waals surface area contributed by atoms with Gasteiger partial charge in [0.2, 0.25) is 16.6 Å². The summed E-state index contributed by atoms with van der Waals surface area (Å²) in [5.74, 6) is 0. The van der Waals surface area contributed by atoms with Crippen molar-refractivity contribution in [2.75, 3.05) is 6.79 Å². The van der Waals surface area contributed by atoms with Gasteiger partial charge in [0.05, 0.1) is 0 Å². The zero-order valence-corrected chi connectivity index (χ0v) is 21.8. The van der Waals surface area contributed by atoms with E-state index in [0.29, 0.717) is 29.0 Å². The highest BCUT2D eigenvalue weighted by Crippen LogP contribution is 2.53. The molecule has 0 aromatic heterocycles. The van der Waals surface area contributed by atoms with Crippen LogP contribution in [0.1, 0.15) is 96.9 Å². The van der Waals surface area contributed by atoms with Crippen LogP contribution in [0.3, 0.4) is 0 Å². The van der Waals surface area contributed by atoms with Crippen LogP contribution >= 0.6 is 0 Å². The van der Waals surface area contributed by atoms with Crippen molar-refractivity contribution in [1.29, 1.82) is 0 Å². The summed E-state index contributed by atoms with van der Waals surface area (Å²) in [5, 5.41) is 0.389. The fourth-order valence-electron chi connectivity index (χ4n) is 6.12. The van der Waals surface area contributed by atoms with E-state index in [1.807, 2.05) is 0 Å². The molecule has 0 fully saturated rings. The Labute approximate surface area is 161 Å². The highest BCUT2D eigenvalue weighted by molar-refractivity contribution is 6.80. The first-order valence-electron chi connectivity index (χ1n) is 10.3. The van der Waals surface area contributed by atoms with Gasteiger partial charge >= 0.3 is 0 Å². The van der Waals surface area contributed by atoms with Crippen molar-refractivity contribution < 1.29 is 8.85 Å². The molecule has 0 aromatic carbocycles. The summed E-state index contributed by atoms with van der Waals surface area (Å²) >= 11 is 0. The maximum absolute atomic E-state index is 6.82. The molecule has 0 saturated heterocycles. The predicted molar refractivity (Wildman–Crippen MR) is 118 cm³/mol. The second-order valence-corrected chi connectivity index (χ2v) is 22.5. The Morgan fingerprint density at radius 1 is 0.520 bits per heavy atom. The third-order valence-corrected chi connectivity index (χ3v) is 19.1. The summed E-state index contributed by atoms with van der Waals surface area (Å²) in [6.07, 6.45) is 0. The molecule has 0 saturated carbocycles. The predicted octanol–water partition coefficient (Wildman–Crippen LogP) is 8.11. The highest BCUT2D eigenvalue weighted by Gasteiger charge is 2.54. The van der Waals surface area contributed by atoms with Gasteiger partial charge in [-0.3, -0.25) is 0 Å². The largest absolute Gasteiger partial charge is 0.394 e. The topological polar surface area (TPSA) is 18.5 Å². The van der Waals surface area contributed by atoms with Gasteiger partial charge in [0, 0.05) is 0 Å². The molecule has 4 heteroatoms. The van der Waals surface area contributed by atoms with Gasteiger partial charge in [-0.15, -0.1) is 0 Å². The van der Waals surface area contributed by atoms with Crippen molar-refractivity contribution in [3.63, 3.8) is 0 Å². The highest BCUT2D eigenvalue weighted by atomic mass is 28.4. The van der Waals surface area contributed by atoms with Crippen molar-refractivity contribution in [2.24, 2.45) is 0 Å². The second kappa shape index (κ2) is 8.58. The Balaban J connectivity index is 5.70. The first-order chi connectivity index (χ1) is 11.0. The van der Waals surface area contributed by atoms with E-state index in [0.717, 1.165) is 0 Å². The van der Waals surface area contributed by atoms with Gasteiger partial charge in [-0.2, -0.15) is 0 Å². The minimum absolute atomic E-state index is 0.195. The summed E-state index contributed by atoms with van der Waals surface area (Å²) in [4.78, 5) is 0. The van der Waals surface area contributed by atoms with Gasteiger partial charge < -0.3 is 8.85 Å². The van der Waals surface area contributed by atoms with Gasteiger partial charge in [-0.25, -0.2) is 0 Å². The van der Waals surface area contributed by atoms with Crippen molar-refractivity contribution in [1.82, 2.24) is 0 Å². The van der Waals surface area contributed by atoms with Gasteiger partial charge in [0.1, 0.15) is 6.79 Å². The van der Waals surface area contributed by atoms with Gasteiger partial charge in [0.15, 0.2) is 0 Å². The van der Waals surface area contributed by atoms with E-state index in [9.17, 15) is 0 Å². The molecule has 0 amide bonds. The molecule has 0 heterocycles. The van der Waals surface area contributed by atoms with Crippen molar-refractivity contribution >= 4 is 16.6 Å². The van der Waals surface area contributed by atoms with Crippen LogP contribution in [-0.2, 0) is 8.85 Å². The molecular weight excluding hydrogens is 340 g/mol. The molecule has 0 rings (SSSR count). The van der Waals surface area contributed by atoms with E-state index < -0.39 is 16.6 Å². The van der Waals surface area contributed by atoms with Crippen LogP contribution in [0, 0.1) is 0 Å². The van der Waals surface area contributed by atoms with Crippen molar-refractivity contribution in [2.45, 2.75) is 129 Å². The van der Waals surface area contributed by atoms with E-state index in [1.165, 1.54) is 0 Å². The SMILES string of the molecule is CC(C)[Si](OCO[Si](C(C)C)(C(C)C)C(C)(C)C)(C(C)C)C(C)(C)C. The first kappa shape index (κ1) is 25.4.